The molecule has 1 atom stereocenters. The highest BCUT2D eigenvalue weighted by Gasteiger charge is 2.14. The zero-order valence-corrected chi connectivity index (χ0v) is 9.12. The summed E-state index contributed by atoms with van der Waals surface area (Å²) in [6.45, 7) is 2.16. The molecule has 0 aliphatic carbocycles. The van der Waals surface area contributed by atoms with Crippen molar-refractivity contribution in [3.05, 3.63) is 5.82 Å². The summed E-state index contributed by atoms with van der Waals surface area (Å²) in [5.74, 6) is 1.61. The molecule has 0 radical (unpaired) electrons. The van der Waals surface area contributed by atoms with E-state index < -0.39 is 0 Å². The first kappa shape index (κ1) is 11.0. The maximum Gasteiger partial charge on any atom is 0.224 e. The van der Waals surface area contributed by atoms with Gasteiger partial charge in [-0.25, -0.2) is 0 Å². The van der Waals surface area contributed by atoms with Gasteiger partial charge in [-0.1, -0.05) is 19.8 Å². The lowest BCUT2D eigenvalue weighted by Crippen LogP contribution is -2.15. The lowest BCUT2D eigenvalue weighted by molar-refractivity contribution is 0.556. The summed E-state index contributed by atoms with van der Waals surface area (Å²) in [5.41, 5.74) is 6.00. The number of nitrogens with one attached hydrogen (secondary N) is 1. The standard InChI is InChI=1S/C9H19N5/c1-4-5-6-7(10)8-12-13-9(11-2)14(8)3/h7H,4-6,10H2,1-3H3,(H,11,13). The Morgan fingerprint density at radius 1 is 1.50 bits per heavy atom. The van der Waals surface area contributed by atoms with E-state index in [1.807, 2.05) is 18.7 Å². The molecule has 14 heavy (non-hydrogen) atoms. The summed E-state index contributed by atoms with van der Waals surface area (Å²) in [5, 5.41) is 11.0. The minimum Gasteiger partial charge on any atom is -0.357 e. The minimum absolute atomic E-state index is 0.00505. The number of nitrogens with two attached hydrogens (primary N) is 1. The Morgan fingerprint density at radius 2 is 2.21 bits per heavy atom. The average molecular weight is 197 g/mol. The quantitative estimate of drug-likeness (QED) is 0.740. The normalized spacial score (nSPS) is 12.9. The topological polar surface area (TPSA) is 68.8 Å². The molecule has 1 unspecified atom stereocenters. The Kier molecular flexibility index (Phi) is 3.88. The van der Waals surface area contributed by atoms with E-state index >= 15 is 0 Å². The van der Waals surface area contributed by atoms with Gasteiger partial charge in [0.1, 0.15) is 0 Å². The van der Waals surface area contributed by atoms with Crippen molar-refractivity contribution in [1.29, 1.82) is 0 Å². The molecular formula is C9H19N5. The van der Waals surface area contributed by atoms with E-state index in [0.717, 1.165) is 31.0 Å². The van der Waals surface area contributed by atoms with Crippen LogP contribution in [-0.4, -0.2) is 21.8 Å². The van der Waals surface area contributed by atoms with Crippen LogP contribution in [0.25, 0.3) is 0 Å². The molecule has 0 spiro atoms. The maximum absolute atomic E-state index is 6.00. The second-order valence-corrected chi connectivity index (χ2v) is 3.44. The summed E-state index contributed by atoms with van der Waals surface area (Å²) in [6.07, 6.45) is 3.25. The molecule has 0 amide bonds. The first-order valence-corrected chi connectivity index (χ1v) is 5.03. The van der Waals surface area contributed by atoms with Crippen LogP contribution >= 0.6 is 0 Å². The van der Waals surface area contributed by atoms with E-state index in [4.69, 9.17) is 5.73 Å². The lowest BCUT2D eigenvalue weighted by atomic mass is 10.1. The number of unbranched alkanes of at least 4 members (excludes halogenated alkanes) is 1. The number of anilines is 1. The van der Waals surface area contributed by atoms with Crippen molar-refractivity contribution in [2.75, 3.05) is 12.4 Å². The Morgan fingerprint density at radius 3 is 2.71 bits per heavy atom. The van der Waals surface area contributed by atoms with Crippen LogP contribution in [0.3, 0.4) is 0 Å². The molecule has 0 aromatic carbocycles. The van der Waals surface area contributed by atoms with Gasteiger partial charge in [0.05, 0.1) is 6.04 Å². The van der Waals surface area contributed by atoms with Crippen LogP contribution in [0.5, 0.6) is 0 Å². The van der Waals surface area contributed by atoms with E-state index in [-0.39, 0.29) is 6.04 Å². The fraction of sp³-hybridized carbons (Fsp3) is 0.778. The second kappa shape index (κ2) is 4.95. The molecule has 0 fully saturated rings. The molecule has 3 N–H and O–H groups in total. The van der Waals surface area contributed by atoms with Gasteiger partial charge in [-0.2, -0.15) is 0 Å². The van der Waals surface area contributed by atoms with Gasteiger partial charge in [0.25, 0.3) is 0 Å². The second-order valence-electron chi connectivity index (χ2n) is 3.44. The van der Waals surface area contributed by atoms with Crippen LogP contribution in [0, 0.1) is 0 Å². The van der Waals surface area contributed by atoms with Gasteiger partial charge in [-0.05, 0) is 6.42 Å². The summed E-state index contributed by atoms with van der Waals surface area (Å²) < 4.78 is 1.90. The first-order chi connectivity index (χ1) is 6.70. The molecule has 5 nitrogen and oxygen atoms in total. The van der Waals surface area contributed by atoms with Crippen molar-refractivity contribution >= 4 is 5.95 Å². The third kappa shape index (κ3) is 2.23. The van der Waals surface area contributed by atoms with Gasteiger partial charge in [-0.3, -0.25) is 4.57 Å². The number of aromatic nitrogens is 3. The molecular weight excluding hydrogens is 178 g/mol. The molecule has 0 saturated heterocycles. The van der Waals surface area contributed by atoms with Gasteiger partial charge < -0.3 is 11.1 Å². The van der Waals surface area contributed by atoms with Gasteiger partial charge >= 0.3 is 0 Å². The smallest absolute Gasteiger partial charge is 0.224 e. The Hall–Kier alpha value is -1.10. The Bertz CT molecular complexity index is 281. The largest absolute Gasteiger partial charge is 0.357 e. The minimum atomic E-state index is -0.00505. The van der Waals surface area contributed by atoms with Crippen LogP contribution in [-0.2, 0) is 7.05 Å². The maximum atomic E-state index is 6.00. The zero-order chi connectivity index (χ0) is 10.6. The van der Waals surface area contributed by atoms with E-state index in [9.17, 15) is 0 Å². The summed E-state index contributed by atoms with van der Waals surface area (Å²) in [6, 6.07) is -0.00505. The number of rotatable bonds is 5. The van der Waals surface area contributed by atoms with Crippen molar-refractivity contribution in [2.24, 2.45) is 12.8 Å². The predicted molar refractivity (Wildman–Crippen MR) is 57.0 cm³/mol. The van der Waals surface area contributed by atoms with Crippen LogP contribution in [0.4, 0.5) is 5.95 Å². The molecule has 80 valence electrons. The van der Waals surface area contributed by atoms with E-state index in [0.29, 0.717) is 0 Å². The van der Waals surface area contributed by atoms with Crippen molar-refractivity contribution in [3.63, 3.8) is 0 Å². The van der Waals surface area contributed by atoms with Crippen molar-refractivity contribution in [2.45, 2.75) is 32.2 Å². The van der Waals surface area contributed by atoms with Gasteiger partial charge in [0.15, 0.2) is 5.82 Å². The first-order valence-electron chi connectivity index (χ1n) is 5.03. The number of nitrogens with zero attached hydrogens (tertiary/aromatic N) is 3. The van der Waals surface area contributed by atoms with Gasteiger partial charge in [-0.15, -0.1) is 10.2 Å². The Labute approximate surface area is 84.7 Å². The van der Waals surface area contributed by atoms with Crippen molar-refractivity contribution in [3.8, 4) is 0 Å². The van der Waals surface area contributed by atoms with Crippen LogP contribution in [0.1, 0.15) is 38.1 Å². The molecule has 0 aliphatic rings. The highest BCUT2D eigenvalue weighted by molar-refractivity contribution is 5.24. The number of hydrogen-bond donors (Lipinski definition) is 2. The molecule has 0 bridgehead atoms. The number of hydrogen-bond acceptors (Lipinski definition) is 4. The third-order valence-corrected chi connectivity index (χ3v) is 2.33. The molecule has 1 aromatic rings. The van der Waals surface area contributed by atoms with Crippen molar-refractivity contribution in [1.82, 2.24) is 14.8 Å². The highest BCUT2D eigenvalue weighted by atomic mass is 15.3. The monoisotopic (exact) mass is 197 g/mol. The predicted octanol–water partition coefficient (Wildman–Crippen LogP) is 1.05. The fourth-order valence-electron chi connectivity index (χ4n) is 1.43. The SMILES string of the molecule is CCCCC(N)c1nnc(NC)n1C. The lowest BCUT2D eigenvalue weighted by Gasteiger charge is -2.10. The molecule has 0 aliphatic heterocycles. The fourth-order valence-corrected chi connectivity index (χ4v) is 1.43. The summed E-state index contributed by atoms with van der Waals surface area (Å²) in [4.78, 5) is 0. The zero-order valence-electron chi connectivity index (χ0n) is 9.12. The van der Waals surface area contributed by atoms with E-state index in [1.54, 1.807) is 0 Å². The van der Waals surface area contributed by atoms with E-state index in [2.05, 4.69) is 22.4 Å². The van der Waals surface area contributed by atoms with Crippen molar-refractivity contribution < 1.29 is 0 Å². The van der Waals surface area contributed by atoms with E-state index in [1.165, 1.54) is 0 Å². The van der Waals surface area contributed by atoms with Gasteiger partial charge in [0.2, 0.25) is 5.95 Å². The average Bonchev–Trinajstić information content (AvgIpc) is 2.56. The molecule has 0 saturated carbocycles. The Balaban J connectivity index is 2.69. The van der Waals surface area contributed by atoms with Gasteiger partial charge in [0, 0.05) is 14.1 Å². The third-order valence-electron chi connectivity index (χ3n) is 2.33. The van der Waals surface area contributed by atoms with Crippen LogP contribution in [0.15, 0.2) is 0 Å². The highest BCUT2D eigenvalue weighted by Crippen LogP contribution is 2.16. The van der Waals surface area contributed by atoms with Crippen LogP contribution < -0.4 is 11.1 Å². The summed E-state index contributed by atoms with van der Waals surface area (Å²) >= 11 is 0. The molecule has 5 heteroatoms. The molecule has 1 aromatic heterocycles. The molecule has 1 heterocycles. The van der Waals surface area contributed by atoms with Crippen LogP contribution in [0.2, 0.25) is 0 Å². The molecule has 1 rings (SSSR count). The summed E-state index contributed by atoms with van der Waals surface area (Å²) in [7, 11) is 3.75.